The fraction of sp³-hybridized carbons (Fsp3) is 0.508. The first kappa shape index (κ1) is 68.2. The summed E-state index contributed by atoms with van der Waals surface area (Å²) in [4.78, 5) is 91.9. The third-order valence-electron chi connectivity index (χ3n) is 16.9. The van der Waals surface area contributed by atoms with Crippen molar-refractivity contribution in [1.82, 2.24) is 36.0 Å². The second-order valence-electron chi connectivity index (χ2n) is 23.0. The fourth-order valence-electron chi connectivity index (χ4n) is 12.1. The number of hydrogen-bond acceptors (Lipinski definition) is 12. The van der Waals surface area contributed by atoms with E-state index in [4.69, 9.17) is 9.47 Å². The summed E-state index contributed by atoms with van der Waals surface area (Å²) in [5.74, 6) is -5.82. The highest BCUT2D eigenvalue weighted by Crippen LogP contribution is 2.45. The molecular weight excluding hydrogens is 1160 g/mol. The molecule has 6 N–H and O–H groups in total. The second kappa shape index (κ2) is 30.7. The molecule has 4 aromatic carbocycles. The van der Waals surface area contributed by atoms with Crippen LogP contribution in [-0.4, -0.2) is 160 Å². The SMILES string of the molecule is CNC(C)C(=O)NC(C(=O)N1Cc2ccc(NC(=O)CC(=O)NCCCC3(C)CN(C(=O)CN4C[C@@H](C)NC[C@@H]4CN4CCOC[C@H]4C)c4cc(Cc5ccc(F)cc5)ccc43)cc2[C@H]1C(=O)Nc1c(F)cccc1F)C1CCOCC1.Cl.Cl.Cl. The maximum Gasteiger partial charge on any atom is 0.252 e. The molecule has 0 bridgehead atoms. The van der Waals surface area contributed by atoms with Gasteiger partial charge in [-0.05, 0) is 136 Å². The Hall–Kier alpha value is -5.88. The van der Waals surface area contributed by atoms with Crippen molar-refractivity contribution in [1.29, 1.82) is 0 Å². The van der Waals surface area contributed by atoms with Gasteiger partial charge in [0.05, 0.1) is 25.8 Å². The summed E-state index contributed by atoms with van der Waals surface area (Å²) in [5, 5.41) is 17.3. The van der Waals surface area contributed by atoms with Crippen LogP contribution in [0.3, 0.4) is 0 Å². The van der Waals surface area contributed by atoms with E-state index < -0.39 is 76.8 Å². The Balaban J connectivity index is 0.00000386. The summed E-state index contributed by atoms with van der Waals surface area (Å²) in [5.41, 5.74) is 3.62. The maximum atomic E-state index is 15.0. The standard InChI is InChI=1S/C61H77F3N10O8.3ClH/c1-37-31-72(46(30-67-37)33-71-22-25-82-35-38(71)2)34-54(77)74-36-61(4,48-17-12-41(27-51(48)74)26-40-10-14-44(62)15-11-40)20-7-21-66-52(75)29-53(76)68-45-16-13-43-32-73(57(47(43)28-45)59(79)70-56-49(63)8-6-9-50(56)64)60(80)55(42-18-23-81-24-19-42)69-58(78)39(3)65-5;;;/h6,8-17,27-28,37-39,42,46,55,57,65,67H,7,18-26,29-36H2,1-5H3,(H,66,75)(H,68,76)(H,69,78)(H,70,79);3*1H/t37-,38-,39?,46-,55?,57+,61?;;;/m1.../s1. The summed E-state index contributed by atoms with van der Waals surface area (Å²) in [6.45, 7) is 14.2. The molecule has 0 spiro atoms. The molecule has 3 fully saturated rings. The Morgan fingerprint density at radius 1 is 0.835 bits per heavy atom. The van der Waals surface area contributed by atoms with Crippen LogP contribution in [0.5, 0.6) is 0 Å². The lowest BCUT2D eigenvalue weighted by molar-refractivity contribution is -0.144. The van der Waals surface area contributed by atoms with Gasteiger partial charge in [0, 0.05) is 93.9 Å². The van der Waals surface area contributed by atoms with Crippen molar-refractivity contribution in [3.63, 3.8) is 0 Å². The molecule has 6 amide bonds. The average Bonchev–Trinajstić information content (AvgIpc) is 1.87. The number of ether oxygens (including phenoxy) is 2. The normalized spacial score (nSPS) is 22.1. The smallest absolute Gasteiger partial charge is 0.252 e. The molecule has 9 rings (SSSR count). The van der Waals surface area contributed by atoms with E-state index in [2.05, 4.69) is 80.7 Å². The van der Waals surface area contributed by atoms with Crippen LogP contribution in [0.4, 0.5) is 30.2 Å². The topological polar surface area (TPSA) is 206 Å². The number of benzene rings is 4. The van der Waals surface area contributed by atoms with Crippen molar-refractivity contribution in [2.75, 3.05) is 94.8 Å². The van der Waals surface area contributed by atoms with E-state index in [1.54, 1.807) is 38.2 Å². The molecule has 85 heavy (non-hydrogen) atoms. The van der Waals surface area contributed by atoms with E-state index >= 15 is 0 Å². The number of para-hydroxylation sites is 1. The minimum Gasteiger partial charge on any atom is -0.381 e. The first-order valence-corrected chi connectivity index (χ1v) is 28.7. The number of nitrogens with one attached hydrogen (secondary N) is 6. The number of fused-ring (bicyclic) bond motifs is 2. The van der Waals surface area contributed by atoms with Crippen molar-refractivity contribution >= 4 is 89.7 Å². The van der Waals surface area contributed by atoms with E-state index in [1.807, 2.05) is 4.90 Å². The van der Waals surface area contributed by atoms with Crippen LogP contribution in [-0.2, 0) is 56.6 Å². The Labute approximate surface area is 514 Å². The zero-order chi connectivity index (χ0) is 58.2. The van der Waals surface area contributed by atoms with Gasteiger partial charge in [0.25, 0.3) is 5.91 Å². The first-order valence-electron chi connectivity index (χ1n) is 28.7. The molecule has 0 radical (unpaired) electrons. The highest BCUT2D eigenvalue weighted by atomic mass is 35.5. The Morgan fingerprint density at radius 3 is 2.26 bits per heavy atom. The molecule has 5 aliphatic heterocycles. The molecule has 18 nitrogen and oxygen atoms in total. The van der Waals surface area contributed by atoms with Crippen LogP contribution >= 0.6 is 37.2 Å². The van der Waals surface area contributed by atoms with Gasteiger partial charge < -0.3 is 51.2 Å². The third-order valence-corrected chi connectivity index (χ3v) is 16.9. The van der Waals surface area contributed by atoms with Crippen LogP contribution < -0.4 is 36.8 Å². The first-order chi connectivity index (χ1) is 39.4. The molecule has 5 aliphatic rings. The Morgan fingerprint density at radius 2 is 1.55 bits per heavy atom. The average molecular weight is 1240 g/mol. The molecule has 5 heterocycles. The number of hydrogen-bond donors (Lipinski definition) is 6. The molecule has 3 saturated heterocycles. The van der Waals surface area contributed by atoms with E-state index in [0.717, 1.165) is 66.8 Å². The Kier molecular flexibility index (Phi) is 24.6. The van der Waals surface area contributed by atoms with Crippen LogP contribution in [0, 0.1) is 23.4 Å². The molecular formula is C61H80Cl3F3N10O8. The minimum atomic E-state index is -1.44. The lowest BCUT2D eigenvalue weighted by atomic mass is 9.80. The number of nitrogens with zero attached hydrogens (tertiary/aromatic N) is 4. The van der Waals surface area contributed by atoms with E-state index in [1.165, 1.54) is 23.1 Å². The molecule has 0 aromatic heterocycles. The summed E-state index contributed by atoms with van der Waals surface area (Å²) >= 11 is 0. The van der Waals surface area contributed by atoms with Gasteiger partial charge in [0.2, 0.25) is 29.5 Å². The number of carbonyl (C=O) groups is 6. The van der Waals surface area contributed by atoms with Crippen molar-refractivity contribution < 1.29 is 51.4 Å². The van der Waals surface area contributed by atoms with Gasteiger partial charge in [-0.15, -0.1) is 37.2 Å². The van der Waals surface area contributed by atoms with Gasteiger partial charge in [0.1, 0.15) is 41.6 Å². The van der Waals surface area contributed by atoms with E-state index in [-0.39, 0.29) is 104 Å². The molecule has 7 atom stereocenters. The Bertz CT molecular complexity index is 2980. The zero-order valence-electron chi connectivity index (χ0n) is 48.7. The molecule has 0 aliphatic carbocycles. The predicted octanol–water partition coefficient (Wildman–Crippen LogP) is 6.41. The lowest BCUT2D eigenvalue weighted by Gasteiger charge is -2.43. The highest BCUT2D eigenvalue weighted by Gasteiger charge is 2.45. The number of rotatable bonds is 20. The summed E-state index contributed by atoms with van der Waals surface area (Å²) in [7, 11) is 1.61. The molecule has 24 heteroatoms. The molecule has 3 unspecified atom stereocenters. The van der Waals surface area contributed by atoms with Crippen molar-refractivity contribution in [2.45, 2.75) is 114 Å². The number of anilines is 3. The van der Waals surface area contributed by atoms with Crippen LogP contribution in [0.2, 0.25) is 0 Å². The number of halogens is 6. The largest absolute Gasteiger partial charge is 0.381 e. The van der Waals surface area contributed by atoms with Crippen molar-refractivity contribution in [3.8, 4) is 0 Å². The zero-order valence-corrected chi connectivity index (χ0v) is 51.1. The van der Waals surface area contributed by atoms with Crippen LogP contribution in [0.1, 0.15) is 93.7 Å². The van der Waals surface area contributed by atoms with Gasteiger partial charge in [-0.2, -0.15) is 0 Å². The lowest BCUT2D eigenvalue weighted by Crippen LogP contribution is -2.62. The van der Waals surface area contributed by atoms with Crippen LogP contribution in [0.15, 0.2) is 78.9 Å². The minimum absolute atomic E-state index is 0. The van der Waals surface area contributed by atoms with Gasteiger partial charge in [0.15, 0.2) is 0 Å². The monoisotopic (exact) mass is 1240 g/mol. The second-order valence-corrected chi connectivity index (χ2v) is 23.0. The number of carbonyl (C=O) groups excluding carboxylic acids is 6. The van der Waals surface area contributed by atoms with Gasteiger partial charge in [-0.3, -0.25) is 38.6 Å². The quantitative estimate of drug-likeness (QED) is 0.0420. The third kappa shape index (κ3) is 16.6. The molecule has 4 aromatic rings. The van der Waals surface area contributed by atoms with E-state index in [0.29, 0.717) is 70.6 Å². The fourth-order valence-corrected chi connectivity index (χ4v) is 12.1. The summed E-state index contributed by atoms with van der Waals surface area (Å²) in [6.07, 6.45) is 2.08. The summed E-state index contributed by atoms with van der Waals surface area (Å²) in [6, 6.07) is 18.0. The number of likely N-dealkylation sites (N-methyl/N-ethyl adjacent to an activating group) is 1. The molecule has 464 valence electrons. The maximum absolute atomic E-state index is 15.0. The van der Waals surface area contributed by atoms with Crippen molar-refractivity contribution in [2.24, 2.45) is 5.92 Å². The van der Waals surface area contributed by atoms with Gasteiger partial charge in [-0.25, -0.2) is 13.2 Å². The van der Waals surface area contributed by atoms with Crippen LogP contribution in [0.25, 0.3) is 0 Å². The molecule has 0 saturated carbocycles. The number of piperazine rings is 1. The highest BCUT2D eigenvalue weighted by molar-refractivity contribution is 6.04. The number of amides is 6. The van der Waals surface area contributed by atoms with E-state index in [9.17, 15) is 41.9 Å². The number of morpholine rings is 1. The summed E-state index contributed by atoms with van der Waals surface area (Å²) < 4.78 is 55.1. The van der Waals surface area contributed by atoms with Gasteiger partial charge in [-0.1, -0.05) is 43.3 Å². The van der Waals surface area contributed by atoms with Gasteiger partial charge >= 0.3 is 0 Å². The van der Waals surface area contributed by atoms with Crippen molar-refractivity contribution in [3.05, 3.63) is 124 Å². The predicted molar refractivity (Wildman–Crippen MR) is 326 cm³/mol.